The summed E-state index contributed by atoms with van der Waals surface area (Å²) in [6.07, 6.45) is 6.74. The lowest BCUT2D eigenvalue weighted by molar-refractivity contribution is -0.129. The molecule has 0 radical (unpaired) electrons. The molecule has 33 heavy (non-hydrogen) atoms. The molecule has 0 aromatic heterocycles. The molecular weight excluding hydrogens is 423 g/mol. The molecule has 2 aliphatic heterocycles. The van der Waals surface area contributed by atoms with Crippen LogP contribution in [0.15, 0.2) is 24.3 Å². The van der Waals surface area contributed by atoms with E-state index in [0.717, 1.165) is 45.1 Å². The Morgan fingerprint density at radius 3 is 2.42 bits per heavy atom. The quantitative estimate of drug-likeness (QED) is 0.607. The number of carbonyl (C=O) groups excluding carboxylic acids is 3. The van der Waals surface area contributed by atoms with E-state index in [1.165, 1.54) is 12.1 Å². The fourth-order valence-electron chi connectivity index (χ4n) is 5.49. The van der Waals surface area contributed by atoms with Crippen LogP contribution in [-0.4, -0.2) is 84.3 Å². The third-order valence-electron chi connectivity index (χ3n) is 7.29. The third kappa shape index (κ3) is 5.72. The Kier molecular flexibility index (Phi) is 7.96. The molecule has 1 aromatic carbocycles. The van der Waals surface area contributed by atoms with E-state index in [4.69, 9.17) is 0 Å². The van der Waals surface area contributed by atoms with E-state index in [0.29, 0.717) is 51.6 Å². The summed E-state index contributed by atoms with van der Waals surface area (Å²) in [6, 6.07) is 5.90. The highest BCUT2D eigenvalue weighted by atomic mass is 19.1. The summed E-state index contributed by atoms with van der Waals surface area (Å²) in [7, 11) is 0. The van der Waals surface area contributed by atoms with Crippen LogP contribution in [0, 0.1) is 11.7 Å². The van der Waals surface area contributed by atoms with Gasteiger partial charge in [0.15, 0.2) is 0 Å². The second-order valence-electron chi connectivity index (χ2n) is 9.43. The van der Waals surface area contributed by atoms with Crippen LogP contribution in [0.25, 0.3) is 0 Å². The van der Waals surface area contributed by atoms with E-state index in [1.54, 1.807) is 17.0 Å². The van der Waals surface area contributed by atoms with E-state index in [1.807, 2.05) is 4.90 Å². The Bertz CT molecular complexity index is 850. The maximum Gasteiger partial charge on any atom is 0.256 e. The monoisotopic (exact) mass is 458 g/mol. The smallest absolute Gasteiger partial charge is 0.256 e. The van der Waals surface area contributed by atoms with Crippen LogP contribution < -0.4 is 5.32 Å². The molecule has 1 aliphatic carbocycles. The molecule has 7 nitrogen and oxygen atoms in total. The van der Waals surface area contributed by atoms with E-state index in [9.17, 15) is 18.8 Å². The van der Waals surface area contributed by atoms with Gasteiger partial charge in [0.05, 0.1) is 11.6 Å². The van der Waals surface area contributed by atoms with Crippen LogP contribution in [-0.2, 0) is 9.59 Å². The van der Waals surface area contributed by atoms with Crippen LogP contribution in [0.1, 0.15) is 55.3 Å². The van der Waals surface area contributed by atoms with Gasteiger partial charge in [0.2, 0.25) is 11.8 Å². The number of amides is 3. The highest BCUT2D eigenvalue weighted by molar-refractivity contribution is 5.94. The number of nitrogens with one attached hydrogen (secondary N) is 1. The number of nitrogens with zero attached hydrogens (tertiary/aromatic N) is 3. The lowest BCUT2D eigenvalue weighted by atomic mass is 9.95. The molecule has 1 atom stereocenters. The third-order valence-corrected chi connectivity index (χ3v) is 7.29. The van der Waals surface area contributed by atoms with E-state index in [2.05, 4.69) is 10.2 Å². The predicted octanol–water partition coefficient (Wildman–Crippen LogP) is 2.27. The fraction of sp³-hybridized carbons (Fsp3) is 0.640. The zero-order valence-corrected chi connectivity index (χ0v) is 19.3. The highest BCUT2D eigenvalue weighted by Crippen LogP contribution is 2.31. The summed E-state index contributed by atoms with van der Waals surface area (Å²) >= 11 is 0. The molecule has 1 saturated carbocycles. The van der Waals surface area contributed by atoms with Gasteiger partial charge in [-0.1, -0.05) is 25.0 Å². The van der Waals surface area contributed by atoms with Crippen LogP contribution >= 0.6 is 0 Å². The standard InChI is InChI=1S/C25H35FN4O3/c26-21-10-4-3-9-20(21)25(33)30-17-15-29(16-18-30)23(19-7-1-2-8-19)24(32)27-12-6-14-28-13-5-11-22(28)31/h3-4,9-10,19,23H,1-2,5-8,11-18H2,(H,27,32)/t23-/m0/s1. The number of halogens is 1. The predicted molar refractivity (Wildman–Crippen MR) is 123 cm³/mol. The van der Waals surface area contributed by atoms with Gasteiger partial charge < -0.3 is 15.1 Å². The Labute approximate surface area is 195 Å². The van der Waals surface area contributed by atoms with Crippen molar-refractivity contribution in [2.75, 3.05) is 45.8 Å². The molecule has 1 aromatic rings. The Hall–Kier alpha value is -2.48. The highest BCUT2D eigenvalue weighted by Gasteiger charge is 2.37. The molecule has 1 N–H and O–H groups in total. The van der Waals surface area contributed by atoms with E-state index >= 15 is 0 Å². The average molecular weight is 459 g/mol. The number of hydrogen-bond donors (Lipinski definition) is 1. The number of hydrogen-bond acceptors (Lipinski definition) is 4. The summed E-state index contributed by atoms with van der Waals surface area (Å²) in [6.45, 7) is 4.28. The minimum absolute atomic E-state index is 0.0588. The van der Waals surface area contributed by atoms with Crippen LogP contribution in [0.3, 0.4) is 0 Å². The SMILES string of the molecule is O=C(NCCCN1CCCC1=O)[C@H](C1CCCC1)N1CCN(C(=O)c2ccccc2F)CC1. The topological polar surface area (TPSA) is 73.0 Å². The average Bonchev–Trinajstić information content (AvgIpc) is 3.49. The van der Waals surface area contributed by atoms with Crippen LogP contribution in [0.4, 0.5) is 4.39 Å². The second-order valence-corrected chi connectivity index (χ2v) is 9.43. The first-order valence-electron chi connectivity index (χ1n) is 12.4. The van der Waals surface area contributed by atoms with Crippen LogP contribution in [0.5, 0.6) is 0 Å². The molecular formula is C25H35FN4O3. The fourth-order valence-corrected chi connectivity index (χ4v) is 5.49. The number of likely N-dealkylation sites (tertiary alicyclic amines) is 1. The summed E-state index contributed by atoms with van der Waals surface area (Å²) < 4.78 is 14.0. The van der Waals surface area contributed by atoms with Crippen molar-refractivity contribution >= 4 is 17.7 Å². The van der Waals surface area contributed by atoms with E-state index < -0.39 is 5.82 Å². The van der Waals surface area contributed by atoms with Crippen molar-refractivity contribution < 1.29 is 18.8 Å². The van der Waals surface area contributed by atoms with Crippen molar-refractivity contribution in [2.24, 2.45) is 5.92 Å². The van der Waals surface area contributed by atoms with Gasteiger partial charge in [-0.15, -0.1) is 0 Å². The lowest BCUT2D eigenvalue weighted by Gasteiger charge is -2.40. The normalized spacial score (nSPS) is 20.9. The molecule has 0 spiro atoms. The van der Waals surface area contributed by atoms with Crippen molar-refractivity contribution in [3.05, 3.63) is 35.6 Å². The summed E-state index contributed by atoms with van der Waals surface area (Å²) in [5.41, 5.74) is 0.104. The van der Waals surface area contributed by atoms with Gasteiger partial charge >= 0.3 is 0 Å². The molecule has 0 bridgehead atoms. The molecule has 0 unspecified atom stereocenters. The zero-order valence-electron chi connectivity index (χ0n) is 19.3. The van der Waals surface area contributed by atoms with Crippen molar-refractivity contribution in [1.82, 2.24) is 20.0 Å². The maximum absolute atomic E-state index is 14.0. The number of piperazine rings is 1. The van der Waals surface area contributed by atoms with Crippen molar-refractivity contribution in [2.45, 2.75) is 51.0 Å². The Morgan fingerprint density at radius 2 is 1.76 bits per heavy atom. The van der Waals surface area contributed by atoms with Gasteiger partial charge in [0, 0.05) is 52.2 Å². The zero-order chi connectivity index (χ0) is 23.2. The molecule has 3 amide bonds. The maximum atomic E-state index is 14.0. The molecule has 180 valence electrons. The molecule has 2 saturated heterocycles. The molecule has 3 fully saturated rings. The Balaban J connectivity index is 1.30. The number of carbonyl (C=O) groups is 3. The minimum Gasteiger partial charge on any atom is -0.355 e. The molecule has 3 aliphatic rings. The lowest BCUT2D eigenvalue weighted by Crippen LogP contribution is -2.58. The van der Waals surface area contributed by atoms with Gasteiger partial charge in [0.25, 0.3) is 5.91 Å². The van der Waals surface area contributed by atoms with E-state index in [-0.39, 0.29) is 29.3 Å². The summed E-state index contributed by atoms with van der Waals surface area (Å²) in [5.74, 6) is -0.176. The first-order valence-corrected chi connectivity index (χ1v) is 12.4. The number of benzene rings is 1. The molecule has 8 heteroatoms. The largest absolute Gasteiger partial charge is 0.355 e. The summed E-state index contributed by atoms with van der Waals surface area (Å²) in [5, 5.41) is 3.11. The second kappa shape index (κ2) is 11.1. The van der Waals surface area contributed by atoms with Crippen molar-refractivity contribution in [3.8, 4) is 0 Å². The van der Waals surface area contributed by atoms with Crippen LogP contribution in [0.2, 0.25) is 0 Å². The first kappa shape index (κ1) is 23.7. The van der Waals surface area contributed by atoms with Gasteiger partial charge in [-0.2, -0.15) is 0 Å². The first-order chi connectivity index (χ1) is 16.0. The minimum atomic E-state index is -0.497. The van der Waals surface area contributed by atoms with Gasteiger partial charge in [-0.3, -0.25) is 19.3 Å². The van der Waals surface area contributed by atoms with Gasteiger partial charge in [-0.05, 0) is 43.7 Å². The van der Waals surface area contributed by atoms with Gasteiger partial charge in [0.1, 0.15) is 5.82 Å². The van der Waals surface area contributed by atoms with Crippen molar-refractivity contribution in [3.63, 3.8) is 0 Å². The Morgan fingerprint density at radius 1 is 1.03 bits per heavy atom. The number of rotatable bonds is 8. The summed E-state index contributed by atoms with van der Waals surface area (Å²) in [4.78, 5) is 43.5. The molecule has 4 rings (SSSR count). The molecule has 2 heterocycles. The van der Waals surface area contributed by atoms with Crippen molar-refractivity contribution in [1.29, 1.82) is 0 Å². The van der Waals surface area contributed by atoms with Gasteiger partial charge in [-0.25, -0.2) is 4.39 Å².